The van der Waals surface area contributed by atoms with Crippen LogP contribution in [0.25, 0.3) is 10.9 Å². The van der Waals surface area contributed by atoms with Crippen molar-refractivity contribution in [1.82, 2.24) is 9.88 Å². The summed E-state index contributed by atoms with van der Waals surface area (Å²) in [6, 6.07) is 10.8. The van der Waals surface area contributed by atoms with Gasteiger partial charge < -0.3 is 9.88 Å². The number of fused-ring (bicyclic) bond motifs is 1. The third kappa shape index (κ3) is 3.19. The number of rotatable bonds is 4. The van der Waals surface area contributed by atoms with Gasteiger partial charge in [0.1, 0.15) is 0 Å². The zero-order chi connectivity index (χ0) is 13.1. The van der Waals surface area contributed by atoms with Crippen LogP contribution in [0.3, 0.4) is 0 Å². The molecule has 1 fully saturated rings. The van der Waals surface area contributed by atoms with Crippen LogP contribution in [0.1, 0.15) is 31.9 Å². The molecule has 2 aromatic rings. The second-order valence-corrected chi connectivity index (χ2v) is 6.01. The lowest BCUT2D eigenvalue weighted by atomic mass is 9.99. The molecule has 2 heterocycles. The van der Waals surface area contributed by atoms with Crippen molar-refractivity contribution in [3.8, 4) is 0 Å². The van der Waals surface area contributed by atoms with Crippen molar-refractivity contribution in [2.45, 2.75) is 32.6 Å². The Labute approximate surface area is 115 Å². The Morgan fingerprint density at radius 1 is 1.21 bits per heavy atom. The lowest BCUT2D eigenvalue weighted by Gasteiger charge is -2.30. The van der Waals surface area contributed by atoms with E-state index in [1.165, 1.54) is 61.9 Å². The molecule has 0 unspecified atom stereocenters. The molecule has 0 saturated carbocycles. The maximum atomic E-state index is 3.52. The zero-order valence-electron chi connectivity index (χ0n) is 11.9. The minimum atomic E-state index is 0.935. The van der Waals surface area contributed by atoms with Crippen molar-refractivity contribution in [3.63, 3.8) is 0 Å². The van der Waals surface area contributed by atoms with Gasteiger partial charge in [-0.25, -0.2) is 0 Å². The van der Waals surface area contributed by atoms with E-state index in [2.05, 4.69) is 47.1 Å². The van der Waals surface area contributed by atoms with Gasteiger partial charge in [-0.1, -0.05) is 25.1 Å². The van der Waals surface area contributed by atoms with Crippen molar-refractivity contribution in [2.75, 3.05) is 19.6 Å². The third-order valence-electron chi connectivity index (χ3n) is 4.38. The van der Waals surface area contributed by atoms with Crippen LogP contribution in [0.15, 0.2) is 30.3 Å². The molecule has 1 aliphatic rings. The third-order valence-corrected chi connectivity index (χ3v) is 4.38. The molecular formula is C17H24N2. The smallest absolute Gasteiger partial charge is 0.0456 e. The summed E-state index contributed by atoms with van der Waals surface area (Å²) >= 11 is 0. The fraction of sp³-hybridized carbons (Fsp3) is 0.529. The maximum absolute atomic E-state index is 3.52. The van der Waals surface area contributed by atoms with Crippen LogP contribution < -0.4 is 0 Å². The number of aromatic amines is 1. The van der Waals surface area contributed by atoms with Crippen molar-refractivity contribution in [2.24, 2.45) is 5.92 Å². The van der Waals surface area contributed by atoms with E-state index in [1.807, 2.05) is 0 Å². The van der Waals surface area contributed by atoms with Gasteiger partial charge in [0.2, 0.25) is 0 Å². The summed E-state index contributed by atoms with van der Waals surface area (Å²) in [7, 11) is 0. The quantitative estimate of drug-likeness (QED) is 0.880. The Hall–Kier alpha value is -1.28. The molecule has 0 amide bonds. The molecule has 0 bridgehead atoms. The number of H-pyrrole nitrogens is 1. The molecule has 0 radical (unpaired) electrons. The Morgan fingerprint density at radius 3 is 2.79 bits per heavy atom. The van der Waals surface area contributed by atoms with Crippen LogP contribution in [-0.2, 0) is 6.42 Å². The Bertz CT molecular complexity index is 488. The first kappa shape index (κ1) is 12.7. The van der Waals surface area contributed by atoms with Crippen LogP contribution in [-0.4, -0.2) is 29.5 Å². The van der Waals surface area contributed by atoms with Gasteiger partial charge in [0.25, 0.3) is 0 Å². The van der Waals surface area contributed by atoms with Gasteiger partial charge in [-0.3, -0.25) is 0 Å². The number of nitrogens with zero attached hydrogens (tertiary/aromatic N) is 1. The second-order valence-electron chi connectivity index (χ2n) is 6.01. The van der Waals surface area contributed by atoms with Crippen LogP contribution in [0, 0.1) is 5.92 Å². The topological polar surface area (TPSA) is 19.0 Å². The summed E-state index contributed by atoms with van der Waals surface area (Å²) in [5, 5.41) is 1.34. The van der Waals surface area contributed by atoms with Gasteiger partial charge in [-0.15, -0.1) is 0 Å². The average molecular weight is 256 g/mol. The van der Waals surface area contributed by atoms with Gasteiger partial charge in [0.15, 0.2) is 0 Å². The van der Waals surface area contributed by atoms with Crippen molar-refractivity contribution in [1.29, 1.82) is 0 Å². The van der Waals surface area contributed by atoms with E-state index in [0.717, 1.165) is 5.92 Å². The fourth-order valence-electron chi connectivity index (χ4n) is 3.05. The maximum Gasteiger partial charge on any atom is 0.0456 e. The highest BCUT2D eigenvalue weighted by atomic mass is 15.1. The lowest BCUT2D eigenvalue weighted by Crippen LogP contribution is -2.33. The van der Waals surface area contributed by atoms with Crippen molar-refractivity contribution < 1.29 is 0 Å². The van der Waals surface area contributed by atoms with E-state index in [4.69, 9.17) is 0 Å². The molecule has 1 aromatic heterocycles. The first-order valence-corrected chi connectivity index (χ1v) is 7.60. The molecule has 0 atom stereocenters. The molecule has 0 spiro atoms. The molecule has 2 nitrogen and oxygen atoms in total. The number of aryl methyl sites for hydroxylation is 1. The summed E-state index contributed by atoms with van der Waals surface area (Å²) in [4.78, 5) is 6.15. The van der Waals surface area contributed by atoms with E-state index in [1.54, 1.807) is 0 Å². The number of hydrogen-bond donors (Lipinski definition) is 1. The standard InChI is InChI=1S/C17H24N2/c1-14-8-11-19(12-9-14)10-4-6-16-13-15-5-2-3-7-17(15)18-16/h2-3,5,7,13-14,18H,4,6,8-12H2,1H3. The number of piperidine rings is 1. The van der Waals surface area contributed by atoms with Crippen LogP contribution >= 0.6 is 0 Å². The highest BCUT2D eigenvalue weighted by Gasteiger charge is 2.14. The molecule has 1 saturated heterocycles. The van der Waals surface area contributed by atoms with E-state index in [-0.39, 0.29) is 0 Å². The van der Waals surface area contributed by atoms with Crippen molar-refractivity contribution >= 4 is 10.9 Å². The molecular weight excluding hydrogens is 232 g/mol. The highest BCUT2D eigenvalue weighted by Crippen LogP contribution is 2.18. The minimum Gasteiger partial charge on any atom is -0.358 e. The Kier molecular flexibility index (Phi) is 3.88. The SMILES string of the molecule is CC1CCN(CCCc2cc3ccccc3[nH]2)CC1. The van der Waals surface area contributed by atoms with E-state index in [0.29, 0.717) is 0 Å². The molecule has 3 rings (SSSR count). The van der Waals surface area contributed by atoms with Crippen LogP contribution in [0.5, 0.6) is 0 Å². The summed E-state index contributed by atoms with van der Waals surface area (Å²) in [5.74, 6) is 0.935. The number of hydrogen-bond acceptors (Lipinski definition) is 1. The monoisotopic (exact) mass is 256 g/mol. The van der Waals surface area contributed by atoms with E-state index >= 15 is 0 Å². The summed E-state index contributed by atoms with van der Waals surface area (Å²) in [6.45, 7) is 6.23. The van der Waals surface area contributed by atoms with E-state index in [9.17, 15) is 0 Å². The first-order valence-electron chi connectivity index (χ1n) is 7.60. The predicted molar refractivity (Wildman–Crippen MR) is 81.5 cm³/mol. The molecule has 1 aliphatic heterocycles. The first-order chi connectivity index (χ1) is 9.31. The molecule has 0 aliphatic carbocycles. The van der Waals surface area contributed by atoms with Gasteiger partial charge in [0.05, 0.1) is 0 Å². The van der Waals surface area contributed by atoms with Crippen LogP contribution in [0.4, 0.5) is 0 Å². The zero-order valence-corrected chi connectivity index (χ0v) is 11.9. The van der Waals surface area contributed by atoms with Gasteiger partial charge in [0, 0.05) is 11.2 Å². The Morgan fingerprint density at radius 2 is 2.00 bits per heavy atom. The largest absolute Gasteiger partial charge is 0.358 e. The number of para-hydroxylation sites is 1. The minimum absolute atomic E-state index is 0.935. The number of aromatic nitrogens is 1. The van der Waals surface area contributed by atoms with Gasteiger partial charge >= 0.3 is 0 Å². The van der Waals surface area contributed by atoms with Crippen LogP contribution in [0.2, 0.25) is 0 Å². The van der Waals surface area contributed by atoms with Gasteiger partial charge in [-0.05, 0) is 68.8 Å². The average Bonchev–Trinajstić information content (AvgIpc) is 2.83. The second kappa shape index (κ2) is 5.79. The normalized spacial score (nSPS) is 18.2. The summed E-state index contributed by atoms with van der Waals surface area (Å²) in [6.07, 6.45) is 5.20. The molecule has 19 heavy (non-hydrogen) atoms. The molecule has 1 N–H and O–H groups in total. The predicted octanol–water partition coefficient (Wildman–Crippen LogP) is 3.83. The van der Waals surface area contributed by atoms with Gasteiger partial charge in [-0.2, -0.15) is 0 Å². The molecule has 2 heteroatoms. The van der Waals surface area contributed by atoms with E-state index < -0.39 is 0 Å². The number of nitrogens with one attached hydrogen (secondary N) is 1. The molecule has 1 aromatic carbocycles. The molecule has 102 valence electrons. The van der Waals surface area contributed by atoms with Crippen molar-refractivity contribution in [3.05, 3.63) is 36.0 Å². The number of likely N-dealkylation sites (tertiary alicyclic amines) is 1. The fourth-order valence-corrected chi connectivity index (χ4v) is 3.05. The summed E-state index contributed by atoms with van der Waals surface area (Å²) < 4.78 is 0. The lowest BCUT2D eigenvalue weighted by molar-refractivity contribution is 0.190. The highest BCUT2D eigenvalue weighted by molar-refractivity contribution is 5.80. The Balaban J connectivity index is 1.49. The number of benzene rings is 1. The summed E-state index contributed by atoms with van der Waals surface area (Å²) in [5.41, 5.74) is 2.65.